The van der Waals surface area contributed by atoms with Crippen LogP contribution < -0.4 is 5.32 Å². The SMILES string of the molecule is C=C1CS[C@H]2C(NC(=O)C(OC=O)c3ccccc3)C(=O)N2C1C(=O)OCCI. The number of hydrogen-bond donors (Lipinski definition) is 1. The zero-order valence-electron chi connectivity index (χ0n) is 15.3. The van der Waals surface area contributed by atoms with Gasteiger partial charge in [-0.3, -0.25) is 14.4 Å². The zero-order valence-corrected chi connectivity index (χ0v) is 18.3. The minimum atomic E-state index is -1.16. The molecule has 0 bridgehead atoms. The topological polar surface area (TPSA) is 102 Å². The first kappa shape index (κ1) is 21.6. The Morgan fingerprint density at radius 1 is 1.38 bits per heavy atom. The number of nitrogens with zero attached hydrogens (tertiary/aromatic N) is 1. The second-order valence-electron chi connectivity index (χ2n) is 6.37. The number of rotatable bonds is 8. The summed E-state index contributed by atoms with van der Waals surface area (Å²) in [6, 6.07) is 6.85. The molecule has 1 N–H and O–H groups in total. The van der Waals surface area contributed by atoms with Gasteiger partial charge in [0, 0.05) is 15.7 Å². The molecule has 1 aromatic rings. The maximum absolute atomic E-state index is 12.7. The van der Waals surface area contributed by atoms with Crippen molar-refractivity contribution in [3.63, 3.8) is 0 Å². The fraction of sp³-hybridized carbons (Fsp3) is 0.368. The number of esters is 1. The maximum Gasteiger partial charge on any atom is 0.333 e. The van der Waals surface area contributed by atoms with E-state index in [2.05, 4.69) is 34.5 Å². The van der Waals surface area contributed by atoms with Crippen LogP contribution in [0.5, 0.6) is 0 Å². The minimum absolute atomic E-state index is 0.199. The first-order valence-electron chi connectivity index (χ1n) is 8.78. The summed E-state index contributed by atoms with van der Waals surface area (Å²) in [5.41, 5.74) is 1.08. The lowest BCUT2D eigenvalue weighted by atomic mass is 9.98. The van der Waals surface area contributed by atoms with E-state index in [9.17, 15) is 19.2 Å². The molecule has 0 radical (unpaired) electrons. The minimum Gasteiger partial charge on any atom is -0.463 e. The number of alkyl halides is 1. The Kier molecular flexibility index (Phi) is 7.17. The van der Waals surface area contributed by atoms with E-state index < -0.39 is 41.3 Å². The van der Waals surface area contributed by atoms with Gasteiger partial charge in [-0.15, -0.1) is 11.8 Å². The van der Waals surface area contributed by atoms with Crippen LogP contribution in [0.2, 0.25) is 0 Å². The van der Waals surface area contributed by atoms with Gasteiger partial charge in [0.2, 0.25) is 12.0 Å². The van der Waals surface area contributed by atoms with Crippen molar-refractivity contribution in [2.24, 2.45) is 0 Å². The summed E-state index contributed by atoms with van der Waals surface area (Å²) in [5, 5.41) is 2.23. The van der Waals surface area contributed by atoms with Crippen molar-refractivity contribution in [3.05, 3.63) is 48.0 Å². The summed E-state index contributed by atoms with van der Waals surface area (Å²) in [5.74, 6) is -1.04. The smallest absolute Gasteiger partial charge is 0.333 e. The van der Waals surface area contributed by atoms with Crippen molar-refractivity contribution in [3.8, 4) is 0 Å². The number of amides is 2. The fourth-order valence-corrected chi connectivity index (χ4v) is 4.77. The molecule has 3 rings (SSSR count). The lowest BCUT2D eigenvalue weighted by molar-refractivity contribution is -0.164. The lowest BCUT2D eigenvalue weighted by Crippen LogP contribution is -2.75. The third-order valence-corrected chi connectivity index (χ3v) is 6.38. The summed E-state index contributed by atoms with van der Waals surface area (Å²) in [7, 11) is 0. The van der Waals surface area contributed by atoms with Crippen LogP contribution in [-0.2, 0) is 28.7 Å². The Hall–Kier alpha value is -2.08. The van der Waals surface area contributed by atoms with Gasteiger partial charge in [-0.2, -0.15) is 0 Å². The predicted molar refractivity (Wildman–Crippen MR) is 114 cm³/mol. The number of carbonyl (C=O) groups is 4. The third-order valence-electron chi connectivity index (χ3n) is 4.56. The van der Waals surface area contributed by atoms with Crippen LogP contribution in [0.1, 0.15) is 11.7 Å². The largest absolute Gasteiger partial charge is 0.463 e. The van der Waals surface area contributed by atoms with Crippen molar-refractivity contribution in [1.29, 1.82) is 0 Å². The Balaban J connectivity index is 1.71. The molecule has 2 fully saturated rings. The molecule has 1 aromatic carbocycles. The number of fused-ring (bicyclic) bond motifs is 1. The molecule has 0 aliphatic carbocycles. The molecule has 0 aromatic heterocycles. The molecule has 0 saturated carbocycles. The van der Waals surface area contributed by atoms with E-state index in [0.29, 0.717) is 21.3 Å². The number of thioether (sulfide) groups is 1. The summed E-state index contributed by atoms with van der Waals surface area (Å²) in [6.45, 7) is 4.35. The standard InChI is InChI=1S/C19H19IN2O6S/c1-11-9-29-18-13(17(25)22(18)14(11)19(26)27-8-7-20)21-16(24)15(28-10-23)12-5-3-2-4-6-12/h2-6,10,13-15,18H,1,7-9H2,(H,21,24)/t13?,14?,15?,18-/m0/s1. The highest BCUT2D eigenvalue weighted by Gasteiger charge is 2.56. The number of hydrogen-bond acceptors (Lipinski definition) is 7. The average molecular weight is 530 g/mol. The summed E-state index contributed by atoms with van der Waals surface area (Å²) < 4.78 is 10.8. The molecule has 2 aliphatic heterocycles. The van der Waals surface area contributed by atoms with Crippen LogP contribution >= 0.6 is 34.4 Å². The molecular formula is C19H19IN2O6S. The molecule has 2 aliphatic rings. The number of nitrogens with one attached hydrogen (secondary N) is 1. The molecular weight excluding hydrogens is 511 g/mol. The van der Waals surface area contributed by atoms with E-state index >= 15 is 0 Å². The van der Waals surface area contributed by atoms with Gasteiger partial charge in [0.1, 0.15) is 18.0 Å². The molecule has 2 saturated heterocycles. The van der Waals surface area contributed by atoms with E-state index in [1.165, 1.54) is 16.7 Å². The quantitative estimate of drug-likeness (QED) is 0.135. The van der Waals surface area contributed by atoms with E-state index in [1.54, 1.807) is 30.3 Å². The monoisotopic (exact) mass is 530 g/mol. The summed E-state index contributed by atoms with van der Waals surface area (Å²) >= 11 is 3.50. The number of β-lactam (4-membered cyclic amide) rings is 1. The van der Waals surface area contributed by atoms with Crippen molar-refractivity contribution in [2.45, 2.75) is 23.6 Å². The van der Waals surface area contributed by atoms with E-state index in [0.717, 1.165) is 0 Å². The fourth-order valence-electron chi connectivity index (χ4n) is 3.24. The zero-order chi connectivity index (χ0) is 21.0. The van der Waals surface area contributed by atoms with Gasteiger partial charge >= 0.3 is 5.97 Å². The molecule has 2 amide bonds. The average Bonchev–Trinajstić information content (AvgIpc) is 2.74. The van der Waals surface area contributed by atoms with Crippen molar-refractivity contribution in [1.82, 2.24) is 10.2 Å². The van der Waals surface area contributed by atoms with Gasteiger partial charge in [-0.25, -0.2) is 4.79 Å². The Morgan fingerprint density at radius 2 is 2.10 bits per heavy atom. The van der Waals surface area contributed by atoms with Crippen LogP contribution in [0.3, 0.4) is 0 Å². The summed E-state index contributed by atoms with van der Waals surface area (Å²) in [4.78, 5) is 50.0. The number of ether oxygens (including phenoxy) is 2. The Labute approximate surface area is 185 Å². The molecule has 2 heterocycles. The van der Waals surface area contributed by atoms with Gasteiger partial charge in [-0.05, 0) is 5.57 Å². The molecule has 29 heavy (non-hydrogen) atoms. The maximum atomic E-state index is 12.7. The molecule has 8 nitrogen and oxygen atoms in total. The van der Waals surface area contributed by atoms with Crippen molar-refractivity contribution >= 4 is 58.6 Å². The first-order valence-corrected chi connectivity index (χ1v) is 11.4. The highest BCUT2D eigenvalue weighted by molar-refractivity contribution is 14.1. The molecule has 0 spiro atoms. The number of halogens is 1. The van der Waals surface area contributed by atoms with Crippen LogP contribution in [0.15, 0.2) is 42.5 Å². The normalized spacial score (nSPS) is 24.0. The van der Waals surface area contributed by atoms with Crippen molar-refractivity contribution in [2.75, 3.05) is 16.8 Å². The summed E-state index contributed by atoms with van der Waals surface area (Å²) in [6.07, 6.45) is -1.16. The number of carbonyl (C=O) groups excluding carboxylic acids is 4. The molecule has 4 atom stereocenters. The third kappa shape index (κ3) is 4.42. The molecule has 3 unspecified atom stereocenters. The second kappa shape index (κ2) is 9.61. The lowest BCUT2D eigenvalue weighted by Gasteiger charge is -2.52. The van der Waals surface area contributed by atoms with Crippen LogP contribution in [-0.4, -0.2) is 63.4 Å². The first-order chi connectivity index (χ1) is 14.0. The Morgan fingerprint density at radius 3 is 2.76 bits per heavy atom. The molecule has 10 heteroatoms. The van der Waals surface area contributed by atoms with Crippen LogP contribution in [0, 0.1) is 0 Å². The number of benzene rings is 1. The van der Waals surface area contributed by atoms with Gasteiger partial charge in [0.05, 0.1) is 0 Å². The highest BCUT2D eigenvalue weighted by Crippen LogP contribution is 2.40. The molecule has 154 valence electrons. The van der Waals surface area contributed by atoms with Crippen molar-refractivity contribution < 1.29 is 28.7 Å². The Bertz CT molecular complexity index is 820. The van der Waals surface area contributed by atoms with Gasteiger partial charge in [0.25, 0.3) is 12.4 Å². The van der Waals surface area contributed by atoms with Crippen LogP contribution in [0.25, 0.3) is 0 Å². The van der Waals surface area contributed by atoms with E-state index in [4.69, 9.17) is 9.47 Å². The van der Waals surface area contributed by atoms with Gasteiger partial charge in [-0.1, -0.05) is 59.5 Å². The van der Waals surface area contributed by atoms with Gasteiger partial charge < -0.3 is 19.7 Å². The van der Waals surface area contributed by atoms with Crippen LogP contribution in [0.4, 0.5) is 0 Å². The highest BCUT2D eigenvalue weighted by atomic mass is 127. The predicted octanol–water partition coefficient (Wildman–Crippen LogP) is 1.20. The van der Waals surface area contributed by atoms with E-state index in [1.807, 2.05) is 0 Å². The van der Waals surface area contributed by atoms with E-state index in [-0.39, 0.29) is 13.1 Å². The second-order valence-corrected chi connectivity index (χ2v) is 8.56. The van der Waals surface area contributed by atoms with Gasteiger partial charge in [0.15, 0.2) is 6.04 Å².